The summed E-state index contributed by atoms with van der Waals surface area (Å²) in [6.45, 7) is 3.81. The molecule has 31 heavy (non-hydrogen) atoms. The molecule has 154 valence electrons. The van der Waals surface area contributed by atoms with Gasteiger partial charge in [-0.05, 0) is 37.6 Å². The molecule has 0 bridgehead atoms. The number of rotatable bonds is 3. The molecule has 2 N–H and O–H groups in total. The van der Waals surface area contributed by atoms with Gasteiger partial charge in [0.1, 0.15) is 11.6 Å². The highest BCUT2D eigenvalue weighted by Crippen LogP contribution is 2.44. The number of nitrogens with one attached hydrogen (secondary N) is 1. The van der Waals surface area contributed by atoms with Gasteiger partial charge in [0.2, 0.25) is 5.91 Å². The molecule has 2 aromatic heterocycles. The molecule has 1 atom stereocenters. The second-order valence-corrected chi connectivity index (χ2v) is 7.74. The molecule has 1 aliphatic rings. The van der Waals surface area contributed by atoms with E-state index in [9.17, 15) is 9.90 Å². The first-order valence-corrected chi connectivity index (χ1v) is 10.1. The third kappa shape index (κ3) is 3.44. The van der Waals surface area contributed by atoms with Crippen molar-refractivity contribution >= 4 is 11.7 Å². The first-order valence-electron chi connectivity index (χ1n) is 10.1. The molecule has 1 aliphatic heterocycles. The van der Waals surface area contributed by atoms with Crippen LogP contribution in [0.3, 0.4) is 0 Å². The number of hydrogen-bond donors (Lipinski definition) is 2. The zero-order valence-corrected chi connectivity index (χ0v) is 17.2. The minimum atomic E-state index is -0.259. The van der Waals surface area contributed by atoms with Crippen molar-refractivity contribution in [2.24, 2.45) is 0 Å². The average molecular weight is 411 g/mol. The minimum Gasteiger partial charge on any atom is -0.508 e. The fourth-order valence-corrected chi connectivity index (χ4v) is 4.13. The predicted octanol–water partition coefficient (Wildman–Crippen LogP) is 4.13. The molecular weight excluding hydrogens is 390 g/mol. The number of benzene rings is 2. The van der Waals surface area contributed by atoms with Gasteiger partial charge in [-0.15, -0.1) is 0 Å². The Morgan fingerprint density at radius 1 is 1.00 bits per heavy atom. The van der Waals surface area contributed by atoms with Crippen LogP contribution in [0.5, 0.6) is 5.75 Å². The van der Waals surface area contributed by atoms with Crippen LogP contribution >= 0.6 is 0 Å². The number of carbonyl (C=O) groups excluding carboxylic acids is 1. The largest absolute Gasteiger partial charge is 0.508 e. The van der Waals surface area contributed by atoms with E-state index in [0.29, 0.717) is 11.8 Å². The van der Waals surface area contributed by atoms with E-state index in [-0.39, 0.29) is 24.0 Å². The Morgan fingerprint density at radius 2 is 1.74 bits per heavy atom. The van der Waals surface area contributed by atoms with Crippen LogP contribution in [-0.4, -0.2) is 30.8 Å². The minimum absolute atomic E-state index is 0.119. The summed E-state index contributed by atoms with van der Waals surface area (Å²) < 4.78 is 1.62. The summed E-state index contributed by atoms with van der Waals surface area (Å²) in [5.41, 5.74) is 5.07. The lowest BCUT2D eigenvalue weighted by Crippen LogP contribution is -2.25. The van der Waals surface area contributed by atoms with Gasteiger partial charge in [0.05, 0.1) is 5.69 Å². The molecule has 0 aliphatic carbocycles. The normalized spacial score (nSPS) is 15.4. The molecule has 5 rings (SSSR count). The van der Waals surface area contributed by atoms with E-state index in [4.69, 9.17) is 5.10 Å². The maximum Gasteiger partial charge on any atom is 0.252 e. The summed E-state index contributed by atoms with van der Waals surface area (Å²) in [7, 11) is 0. The molecule has 1 amide bonds. The zero-order chi connectivity index (χ0) is 21.5. The van der Waals surface area contributed by atoms with Gasteiger partial charge in [-0.2, -0.15) is 9.78 Å². The van der Waals surface area contributed by atoms with E-state index >= 15 is 0 Å². The van der Waals surface area contributed by atoms with Crippen LogP contribution in [0.25, 0.3) is 17.2 Å². The van der Waals surface area contributed by atoms with Gasteiger partial charge in [0.25, 0.3) is 5.95 Å². The fraction of sp³-hybridized carbons (Fsp3) is 0.167. The van der Waals surface area contributed by atoms with Crippen LogP contribution in [0.2, 0.25) is 0 Å². The maximum atomic E-state index is 12.7. The molecule has 0 saturated heterocycles. The zero-order valence-electron chi connectivity index (χ0n) is 17.2. The summed E-state index contributed by atoms with van der Waals surface area (Å²) in [5, 5.41) is 17.9. The fourth-order valence-electron chi connectivity index (χ4n) is 4.13. The topological polar surface area (TPSA) is 92.9 Å². The number of fused-ring (bicyclic) bond motifs is 1. The number of anilines is 1. The van der Waals surface area contributed by atoms with E-state index < -0.39 is 0 Å². The summed E-state index contributed by atoms with van der Waals surface area (Å²) in [5.74, 6) is 0.759. The van der Waals surface area contributed by atoms with Crippen molar-refractivity contribution in [2.45, 2.75) is 26.2 Å². The monoisotopic (exact) mass is 411 g/mol. The van der Waals surface area contributed by atoms with Crippen molar-refractivity contribution in [2.75, 3.05) is 5.32 Å². The van der Waals surface area contributed by atoms with Gasteiger partial charge >= 0.3 is 0 Å². The molecule has 2 aromatic carbocycles. The number of aromatic hydroxyl groups is 1. The van der Waals surface area contributed by atoms with Gasteiger partial charge in [-0.1, -0.05) is 42.5 Å². The van der Waals surface area contributed by atoms with Gasteiger partial charge in [-0.25, -0.2) is 9.97 Å². The van der Waals surface area contributed by atoms with Crippen molar-refractivity contribution in [1.29, 1.82) is 0 Å². The Hall–Kier alpha value is -4.00. The van der Waals surface area contributed by atoms with Crippen LogP contribution < -0.4 is 5.32 Å². The summed E-state index contributed by atoms with van der Waals surface area (Å²) in [6.07, 6.45) is 0.260. The van der Waals surface area contributed by atoms with Gasteiger partial charge in [-0.3, -0.25) is 4.79 Å². The molecule has 0 unspecified atom stereocenters. The van der Waals surface area contributed by atoms with Crippen LogP contribution in [0, 0.1) is 13.8 Å². The first kappa shape index (κ1) is 19.0. The maximum absolute atomic E-state index is 12.7. The summed E-state index contributed by atoms with van der Waals surface area (Å²) in [4.78, 5) is 21.8. The molecule has 7 heteroatoms. The van der Waals surface area contributed by atoms with Gasteiger partial charge < -0.3 is 10.4 Å². The lowest BCUT2D eigenvalue weighted by Gasteiger charge is -2.24. The standard InChI is InChI=1S/C24H21N5O2/c1-14-11-15(2)26-24(25-14)29-23-21(22(28-29)16-7-4-3-5-8-16)19(13-20(31)27-23)17-9-6-10-18(30)12-17/h3-12,19,30H,13H2,1-2H3,(H,27,31)/t19-/m1/s1. The molecule has 0 spiro atoms. The average Bonchev–Trinajstić information content (AvgIpc) is 3.12. The summed E-state index contributed by atoms with van der Waals surface area (Å²) >= 11 is 0. The number of nitrogens with zero attached hydrogens (tertiary/aromatic N) is 4. The van der Waals surface area contributed by atoms with E-state index in [2.05, 4.69) is 15.3 Å². The number of aryl methyl sites for hydroxylation is 2. The van der Waals surface area contributed by atoms with E-state index in [1.165, 1.54) is 0 Å². The molecule has 0 radical (unpaired) electrons. The Kier molecular flexibility index (Phi) is 4.51. The lowest BCUT2D eigenvalue weighted by atomic mass is 9.84. The Balaban J connectivity index is 1.79. The van der Waals surface area contributed by atoms with Gasteiger partial charge in [0, 0.05) is 34.9 Å². The molecule has 0 fully saturated rings. The number of carbonyl (C=O) groups is 1. The number of aromatic nitrogens is 4. The number of amides is 1. The summed E-state index contributed by atoms with van der Waals surface area (Å²) in [6, 6.07) is 18.8. The molecule has 3 heterocycles. The second-order valence-electron chi connectivity index (χ2n) is 7.74. The highest BCUT2D eigenvalue weighted by molar-refractivity contribution is 5.96. The predicted molar refractivity (Wildman–Crippen MR) is 117 cm³/mol. The Labute approximate surface area is 179 Å². The van der Waals surface area contributed by atoms with Crippen LogP contribution in [-0.2, 0) is 4.79 Å². The highest BCUT2D eigenvalue weighted by Gasteiger charge is 2.35. The number of hydrogen-bond acceptors (Lipinski definition) is 5. The van der Waals surface area contributed by atoms with Crippen LogP contribution in [0.4, 0.5) is 5.82 Å². The Bertz CT molecular complexity index is 1280. The first-order chi connectivity index (χ1) is 15.0. The van der Waals surface area contributed by atoms with Gasteiger partial charge in [0.15, 0.2) is 0 Å². The number of phenolic OH excluding ortho intramolecular Hbond substituents is 1. The molecule has 4 aromatic rings. The van der Waals surface area contributed by atoms with Crippen molar-refractivity contribution in [3.05, 3.63) is 83.2 Å². The van der Waals surface area contributed by atoms with Crippen molar-refractivity contribution < 1.29 is 9.90 Å². The number of phenols is 1. The van der Waals surface area contributed by atoms with E-state index in [1.54, 1.807) is 22.9 Å². The van der Waals surface area contributed by atoms with Crippen molar-refractivity contribution in [1.82, 2.24) is 19.7 Å². The molecular formula is C24H21N5O2. The lowest BCUT2D eigenvalue weighted by molar-refractivity contribution is -0.116. The van der Waals surface area contributed by atoms with E-state index in [1.807, 2.05) is 56.3 Å². The van der Waals surface area contributed by atoms with Crippen LogP contribution in [0.1, 0.15) is 34.9 Å². The second kappa shape index (κ2) is 7.36. The SMILES string of the molecule is Cc1cc(C)nc(-n2nc(-c3ccccc3)c3c2NC(=O)C[C@@H]3c2cccc(O)c2)n1. The smallest absolute Gasteiger partial charge is 0.252 e. The third-order valence-corrected chi connectivity index (χ3v) is 5.40. The third-order valence-electron chi connectivity index (χ3n) is 5.40. The van der Waals surface area contributed by atoms with Crippen LogP contribution in [0.15, 0.2) is 60.7 Å². The van der Waals surface area contributed by atoms with Crippen molar-refractivity contribution in [3.8, 4) is 23.0 Å². The van der Waals surface area contributed by atoms with E-state index in [0.717, 1.165) is 33.8 Å². The molecule has 0 saturated carbocycles. The highest BCUT2D eigenvalue weighted by atomic mass is 16.3. The quantitative estimate of drug-likeness (QED) is 0.529. The van der Waals surface area contributed by atoms with Crippen molar-refractivity contribution in [3.63, 3.8) is 0 Å². The Morgan fingerprint density at radius 3 is 2.45 bits per heavy atom. The molecule has 7 nitrogen and oxygen atoms in total.